The van der Waals surface area contributed by atoms with Crippen molar-refractivity contribution in [3.05, 3.63) is 40.8 Å². The molecule has 0 amide bonds. The minimum absolute atomic E-state index is 0.000645. The van der Waals surface area contributed by atoms with Gasteiger partial charge in [-0.3, -0.25) is 4.79 Å². The van der Waals surface area contributed by atoms with Crippen LogP contribution in [0.4, 0.5) is 0 Å². The highest BCUT2D eigenvalue weighted by Gasteiger charge is 2.14. The first kappa shape index (κ1) is 12.7. The van der Waals surface area contributed by atoms with E-state index in [1.165, 1.54) is 17.9 Å². The third-order valence-electron chi connectivity index (χ3n) is 3.45. The third kappa shape index (κ3) is 2.82. The minimum Gasteiger partial charge on any atom is -0.311 e. The van der Waals surface area contributed by atoms with Gasteiger partial charge in [0.1, 0.15) is 0 Å². The molecule has 1 saturated heterocycles. The highest BCUT2D eigenvalue weighted by atomic mass is 32.2. The van der Waals surface area contributed by atoms with Crippen molar-refractivity contribution in [3.8, 4) is 0 Å². The molecule has 0 aliphatic carbocycles. The molecule has 1 fully saturated rings. The Morgan fingerprint density at radius 1 is 1.42 bits per heavy atom. The fraction of sp³-hybridized carbons (Fsp3) is 0.429. The smallest absolute Gasteiger partial charge is 0.274 e. The molecule has 5 heteroatoms. The molecule has 0 saturated carbocycles. The van der Waals surface area contributed by atoms with Gasteiger partial charge in [-0.15, -0.1) is 0 Å². The number of aromatic nitrogens is 2. The van der Waals surface area contributed by atoms with Crippen LogP contribution in [0.1, 0.15) is 6.42 Å². The van der Waals surface area contributed by atoms with Crippen LogP contribution >= 0.6 is 11.8 Å². The normalized spacial score (nSPS) is 19.1. The lowest BCUT2D eigenvalue weighted by atomic mass is 10.2. The number of nitrogens with one attached hydrogen (secondary N) is 1. The Labute approximate surface area is 116 Å². The summed E-state index contributed by atoms with van der Waals surface area (Å²) in [6.45, 7) is 1.43. The molecule has 1 aliphatic heterocycles. The molecule has 2 heterocycles. The molecule has 1 aromatic heterocycles. The van der Waals surface area contributed by atoms with E-state index in [9.17, 15) is 4.79 Å². The third-order valence-corrected chi connectivity index (χ3v) is 4.61. The van der Waals surface area contributed by atoms with Crippen LogP contribution in [-0.4, -0.2) is 33.9 Å². The maximum atomic E-state index is 12.2. The molecule has 1 atom stereocenters. The first-order chi connectivity index (χ1) is 9.34. The summed E-state index contributed by atoms with van der Waals surface area (Å²) in [6.07, 6.45) is 2.99. The topological polar surface area (TPSA) is 46.9 Å². The number of hydrogen-bond acceptors (Lipinski definition) is 4. The summed E-state index contributed by atoms with van der Waals surface area (Å²) in [5.41, 5.74) is 0.000645. The number of nitrogens with zero attached hydrogens (tertiary/aromatic N) is 2. The Hall–Kier alpha value is -1.33. The molecule has 2 aromatic rings. The van der Waals surface area contributed by atoms with Crippen LogP contribution in [0.25, 0.3) is 10.8 Å². The van der Waals surface area contributed by atoms with E-state index in [1.807, 2.05) is 36.0 Å². The fourth-order valence-electron chi connectivity index (χ4n) is 2.36. The number of rotatable bonds is 4. The zero-order valence-corrected chi connectivity index (χ0v) is 11.5. The summed E-state index contributed by atoms with van der Waals surface area (Å²) in [4.78, 5) is 12.2. The Balaban J connectivity index is 1.70. The molecular formula is C14H17N3OS. The summed E-state index contributed by atoms with van der Waals surface area (Å²) >= 11 is 1.99. The molecule has 1 N–H and O–H groups in total. The maximum Gasteiger partial charge on any atom is 0.274 e. The first-order valence-corrected chi connectivity index (χ1v) is 7.76. The Bertz CT molecular complexity index is 619. The number of benzene rings is 1. The lowest BCUT2D eigenvalue weighted by molar-refractivity contribution is 0.490. The van der Waals surface area contributed by atoms with Crippen LogP contribution in [0.3, 0.4) is 0 Å². The highest BCUT2D eigenvalue weighted by molar-refractivity contribution is 7.99. The zero-order valence-electron chi connectivity index (χ0n) is 10.7. The van der Waals surface area contributed by atoms with Crippen LogP contribution in [0.5, 0.6) is 0 Å². The van der Waals surface area contributed by atoms with Gasteiger partial charge in [0.2, 0.25) is 0 Å². The largest absolute Gasteiger partial charge is 0.311 e. The van der Waals surface area contributed by atoms with Crippen molar-refractivity contribution in [1.82, 2.24) is 15.1 Å². The molecule has 0 radical (unpaired) electrons. The second kappa shape index (κ2) is 5.75. The van der Waals surface area contributed by atoms with E-state index >= 15 is 0 Å². The standard InChI is InChI=1S/C14H17N3OS/c18-14-13-4-2-1-3-11(13)9-16-17(14)7-6-15-12-5-8-19-10-12/h1-4,9,12,15H,5-8,10H2/t12-/m1/s1. The van der Waals surface area contributed by atoms with E-state index in [0.29, 0.717) is 12.6 Å². The molecule has 100 valence electrons. The van der Waals surface area contributed by atoms with Crippen LogP contribution in [0, 0.1) is 0 Å². The Morgan fingerprint density at radius 2 is 2.32 bits per heavy atom. The van der Waals surface area contributed by atoms with Crippen molar-refractivity contribution in [3.63, 3.8) is 0 Å². The summed E-state index contributed by atoms with van der Waals surface area (Å²) in [6, 6.07) is 8.19. The van der Waals surface area contributed by atoms with Crippen LogP contribution in [-0.2, 0) is 6.54 Å². The fourth-order valence-corrected chi connectivity index (χ4v) is 3.54. The minimum atomic E-state index is 0.000645. The molecule has 1 aliphatic rings. The van der Waals surface area contributed by atoms with Crippen molar-refractivity contribution in [1.29, 1.82) is 0 Å². The molecule has 3 rings (SSSR count). The van der Waals surface area contributed by atoms with Crippen molar-refractivity contribution < 1.29 is 0 Å². The number of thioether (sulfide) groups is 1. The molecule has 4 nitrogen and oxygen atoms in total. The lowest BCUT2D eigenvalue weighted by Crippen LogP contribution is -2.34. The van der Waals surface area contributed by atoms with Crippen LogP contribution < -0.4 is 10.9 Å². The molecule has 0 unspecified atom stereocenters. The van der Waals surface area contributed by atoms with E-state index in [0.717, 1.165) is 17.3 Å². The van der Waals surface area contributed by atoms with Gasteiger partial charge in [0.15, 0.2) is 0 Å². The lowest BCUT2D eigenvalue weighted by Gasteiger charge is -2.11. The molecule has 0 spiro atoms. The predicted octanol–water partition coefficient (Wildman–Crippen LogP) is 1.49. The van der Waals surface area contributed by atoms with Crippen LogP contribution in [0.15, 0.2) is 35.3 Å². The van der Waals surface area contributed by atoms with E-state index in [1.54, 1.807) is 10.9 Å². The van der Waals surface area contributed by atoms with Crippen molar-refractivity contribution in [2.75, 3.05) is 18.1 Å². The summed E-state index contributed by atoms with van der Waals surface area (Å²) in [5.74, 6) is 2.42. The number of hydrogen-bond donors (Lipinski definition) is 1. The first-order valence-electron chi connectivity index (χ1n) is 6.60. The summed E-state index contributed by atoms with van der Waals surface area (Å²) in [5, 5.41) is 9.37. The predicted molar refractivity (Wildman–Crippen MR) is 79.7 cm³/mol. The van der Waals surface area contributed by atoms with Crippen molar-refractivity contribution >= 4 is 22.5 Å². The monoisotopic (exact) mass is 275 g/mol. The Morgan fingerprint density at radius 3 is 3.16 bits per heavy atom. The van der Waals surface area contributed by atoms with Gasteiger partial charge in [-0.25, -0.2) is 4.68 Å². The van der Waals surface area contributed by atoms with E-state index in [2.05, 4.69) is 10.4 Å². The van der Waals surface area contributed by atoms with Crippen molar-refractivity contribution in [2.24, 2.45) is 0 Å². The highest BCUT2D eigenvalue weighted by Crippen LogP contribution is 2.16. The summed E-state index contributed by atoms with van der Waals surface area (Å²) < 4.78 is 1.55. The van der Waals surface area contributed by atoms with Crippen molar-refractivity contribution in [2.45, 2.75) is 19.0 Å². The SMILES string of the molecule is O=c1c2ccccc2cnn1CCN[C@@H]1CCSC1. The molecule has 19 heavy (non-hydrogen) atoms. The quantitative estimate of drug-likeness (QED) is 0.918. The van der Waals surface area contributed by atoms with E-state index in [-0.39, 0.29) is 5.56 Å². The average molecular weight is 275 g/mol. The van der Waals surface area contributed by atoms with Gasteiger partial charge in [-0.2, -0.15) is 16.9 Å². The van der Waals surface area contributed by atoms with Gasteiger partial charge < -0.3 is 5.32 Å². The zero-order chi connectivity index (χ0) is 13.1. The van der Waals surface area contributed by atoms with E-state index in [4.69, 9.17) is 0 Å². The van der Waals surface area contributed by atoms with Gasteiger partial charge in [0, 0.05) is 23.7 Å². The summed E-state index contributed by atoms with van der Waals surface area (Å²) in [7, 11) is 0. The van der Waals surface area contributed by atoms with Gasteiger partial charge in [0.25, 0.3) is 5.56 Å². The molecule has 1 aromatic carbocycles. The average Bonchev–Trinajstić information content (AvgIpc) is 2.95. The maximum absolute atomic E-state index is 12.2. The second-order valence-corrected chi connectivity index (χ2v) is 5.92. The van der Waals surface area contributed by atoms with Gasteiger partial charge in [-0.05, 0) is 18.2 Å². The Kier molecular flexibility index (Phi) is 3.84. The molecule has 0 bridgehead atoms. The second-order valence-electron chi connectivity index (χ2n) is 4.77. The van der Waals surface area contributed by atoms with Crippen LogP contribution in [0.2, 0.25) is 0 Å². The van der Waals surface area contributed by atoms with Gasteiger partial charge in [0.05, 0.1) is 18.1 Å². The van der Waals surface area contributed by atoms with E-state index < -0.39 is 0 Å². The van der Waals surface area contributed by atoms with Gasteiger partial charge in [-0.1, -0.05) is 18.2 Å². The van der Waals surface area contributed by atoms with Gasteiger partial charge >= 0.3 is 0 Å². The number of fused-ring (bicyclic) bond motifs is 1. The molecular weight excluding hydrogens is 258 g/mol.